The Hall–Kier alpha value is -0.0400. The maximum absolute atomic E-state index is 4.21. The van der Waals surface area contributed by atoms with Crippen molar-refractivity contribution >= 4 is 40.3 Å². The van der Waals surface area contributed by atoms with Gasteiger partial charge in [-0.3, -0.25) is 0 Å². The zero-order valence-electron chi connectivity index (χ0n) is 9.03. The monoisotopic (exact) mass is 337 g/mol. The van der Waals surface area contributed by atoms with Crippen molar-refractivity contribution in [2.24, 2.45) is 0 Å². The van der Waals surface area contributed by atoms with Crippen molar-refractivity contribution in [2.45, 2.75) is 26.3 Å². The van der Waals surface area contributed by atoms with Gasteiger partial charge in [0.2, 0.25) is 5.95 Å². The highest BCUT2D eigenvalue weighted by atomic mass is 127. The van der Waals surface area contributed by atoms with E-state index < -0.39 is 0 Å². The molecule has 1 aromatic heterocycles. The fraction of sp³-hybridized carbons (Fsp3) is 0.600. The van der Waals surface area contributed by atoms with Crippen LogP contribution in [0.1, 0.15) is 20.3 Å². The topological polar surface area (TPSA) is 37.8 Å². The molecule has 1 atom stereocenters. The molecule has 0 amide bonds. The van der Waals surface area contributed by atoms with Crippen molar-refractivity contribution in [3.8, 4) is 0 Å². The normalized spacial score (nSPS) is 12.5. The molecule has 0 saturated carbocycles. The lowest BCUT2D eigenvalue weighted by atomic mass is 10.3. The van der Waals surface area contributed by atoms with E-state index in [0.29, 0.717) is 6.04 Å². The van der Waals surface area contributed by atoms with E-state index in [2.05, 4.69) is 51.7 Å². The van der Waals surface area contributed by atoms with Crippen LogP contribution in [0.15, 0.2) is 12.4 Å². The van der Waals surface area contributed by atoms with Crippen LogP contribution in [0.5, 0.6) is 0 Å². The smallest absolute Gasteiger partial charge is 0.222 e. The van der Waals surface area contributed by atoms with Gasteiger partial charge in [-0.2, -0.15) is 11.8 Å². The lowest BCUT2D eigenvalue weighted by molar-refractivity contribution is 0.759. The fourth-order valence-electron chi connectivity index (χ4n) is 1.08. The van der Waals surface area contributed by atoms with Crippen LogP contribution in [0.25, 0.3) is 0 Å². The first kappa shape index (κ1) is 13.0. The summed E-state index contributed by atoms with van der Waals surface area (Å²) >= 11 is 4.17. The van der Waals surface area contributed by atoms with Crippen LogP contribution in [0.4, 0.5) is 5.95 Å². The molecule has 0 aliphatic carbocycles. The summed E-state index contributed by atoms with van der Waals surface area (Å²) in [5.41, 5.74) is 0. The van der Waals surface area contributed by atoms with E-state index in [-0.39, 0.29) is 0 Å². The predicted molar refractivity (Wildman–Crippen MR) is 75.4 cm³/mol. The average Bonchev–Trinajstić information content (AvgIpc) is 2.22. The minimum absolute atomic E-state index is 0.434. The molecule has 15 heavy (non-hydrogen) atoms. The van der Waals surface area contributed by atoms with Crippen LogP contribution < -0.4 is 5.32 Å². The molecule has 0 spiro atoms. The van der Waals surface area contributed by atoms with Gasteiger partial charge in [-0.05, 0) is 47.4 Å². The summed E-state index contributed by atoms with van der Waals surface area (Å²) < 4.78 is 1.06. The molecule has 3 nitrogen and oxygen atoms in total. The Bertz CT molecular complexity index is 279. The molecule has 0 aromatic carbocycles. The number of anilines is 1. The number of nitrogens with zero attached hydrogens (tertiary/aromatic N) is 2. The van der Waals surface area contributed by atoms with Gasteiger partial charge in [-0.15, -0.1) is 0 Å². The van der Waals surface area contributed by atoms with Gasteiger partial charge in [0.05, 0.1) is 0 Å². The maximum atomic E-state index is 4.21. The van der Waals surface area contributed by atoms with Gasteiger partial charge in [0.15, 0.2) is 0 Å². The SMILES string of the molecule is CCSCCC(C)Nc1ncc(I)cn1. The third-order valence-corrected chi connectivity index (χ3v) is 3.38. The van der Waals surface area contributed by atoms with Crippen LogP contribution in [-0.2, 0) is 0 Å². The minimum Gasteiger partial charge on any atom is -0.352 e. The minimum atomic E-state index is 0.434. The molecule has 1 rings (SSSR count). The van der Waals surface area contributed by atoms with Gasteiger partial charge in [-0.1, -0.05) is 6.92 Å². The molecule has 84 valence electrons. The van der Waals surface area contributed by atoms with E-state index in [9.17, 15) is 0 Å². The molecular formula is C10H16IN3S. The second-order valence-corrected chi connectivity index (χ2v) is 5.90. The average molecular weight is 337 g/mol. The van der Waals surface area contributed by atoms with Crippen molar-refractivity contribution in [1.82, 2.24) is 9.97 Å². The Balaban J connectivity index is 2.31. The number of thioether (sulfide) groups is 1. The summed E-state index contributed by atoms with van der Waals surface area (Å²) in [6, 6.07) is 0.434. The maximum Gasteiger partial charge on any atom is 0.222 e. The van der Waals surface area contributed by atoms with Crippen molar-refractivity contribution in [1.29, 1.82) is 0 Å². The van der Waals surface area contributed by atoms with Crippen molar-refractivity contribution in [3.05, 3.63) is 16.0 Å². The van der Waals surface area contributed by atoms with Gasteiger partial charge in [0, 0.05) is 22.0 Å². The Morgan fingerprint density at radius 2 is 2.13 bits per heavy atom. The molecule has 0 radical (unpaired) electrons. The Kier molecular flexibility index (Phi) is 6.31. The van der Waals surface area contributed by atoms with Gasteiger partial charge in [0.25, 0.3) is 0 Å². The lowest BCUT2D eigenvalue weighted by Gasteiger charge is -2.12. The van der Waals surface area contributed by atoms with E-state index in [1.807, 2.05) is 24.2 Å². The van der Waals surface area contributed by atoms with Gasteiger partial charge in [-0.25, -0.2) is 9.97 Å². The summed E-state index contributed by atoms with van der Waals surface area (Å²) in [4.78, 5) is 8.42. The predicted octanol–water partition coefficient (Wildman–Crippen LogP) is 3.02. The number of halogens is 1. The molecule has 1 unspecified atom stereocenters. The molecular weight excluding hydrogens is 321 g/mol. The number of rotatable bonds is 6. The molecule has 0 aliphatic rings. The number of hydrogen-bond donors (Lipinski definition) is 1. The van der Waals surface area contributed by atoms with E-state index in [0.717, 1.165) is 15.9 Å². The zero-order chi connectivity index (χ0) is 11.1. The summed E-state index contributed by atoms with van der Waals surface area (Å²) in [5, 5.41) is 3.29. The molecule has 1 aromatic rings. The Morgan fingerprint density at radius 1 is 1.47 bits per heavy atom. The summed E-state index contributed by atoms with van der Waals surface area (Å²) in [6.45, 7) is 4.35. The number of nitrogens with one attached hydrogen (secondary N) is 1. The lowest BCUT2D eigenvalue weighted by Crippen LogP contribution is -2.17. The third kappa shape index (κ3) is 5.55. The first-order chi connectivity index (χ1) is 7.22. The van der Waals surface area contributed by atoms with Crippen LogP contribution >= 0.6 is 34.4 Å². The van der Waals surface area contributed by atoms with E-state index in [1.54, 1.807) is 0 Å². The number of hydrogen-bond acceptors (Lipinski definition) is 4. The Morgan fingerprint density at radius 3 is 2.73 bits per heavy atom. The molecule has 1 N–H and O–H groups in total. The van der Waals surface area contributed by atoms with Crippen LogP contribution in [0.2, 0.25) is 0 Å². The van der Waals surface area contributed by atoms with E-state index in [4.69, 9.17) is 0 Å². The van der Waals surface area contributed by atoms with Crippen molar-refractivity contribution < 1.29 is 0 Å². The fourth-order valence-corrected chi connectivity index (χ4v) is 2.17. The highest BCUT2D eigenvalue weighted by Crippen LogP contribution is 2.08. The van der Waals surface area contributed by atoms with Gasteiger partial charge < -0.3 is 5.32 Å². The highest BCUT2D eigenvalue weighted by molar-refractivity contribution is 14.1. The number of aromatic nitrogens is 2. The summed E-state index contributed by atoms with van der Waals surface area (Å²) in [5.74, 6) is 3.10. The second kappa shape index (κ2) is 7.27. The van der Waals surface area contributed by atoms with Gasteiger partial charge >= 0.3 is 0 Å². The van der Waals surface area contributed by atoms with E-state index >= 15 is 0 Å². The molecule has 0 saturated heterocycles. The van der Waals surface area contributed by atoms with Crippen LogP contribution in [-0.4, -0.2) is 27.5 Å². The standard InChI is InChI=1S/C10H16IN3S/c1-3-15-5-4-8(2)14-10-12-6-9(11)7-13-10/h6-8H,3-5H2,1-2H3,(H,12,13,14). The molecule has 0 fully saturated rings. The third-order valence-electron chi connectivity index (χ3n) is 1.90. The van der Waals surface area contributed by atoms with Crippen LogP contribution in [0, 0.1) is 3.57 Å². The first-order valence-corrected chi connectivity index (χ1v) is 7.27. The van der Waals surface area contributed by atoms with Crippen LogP contribution in [0.3, 0.4) is 0 Å². The van der Waals surface area contributed by atoms with Crippen molar-refractivity contribution in [2.75, 3.05) is 16.8 Å². The van der Waals surface area contributed by atoms with E-state index in [1.165, 1.54) is 11.5 Å². The molecule has 1 heterocycles. The summed E-state index contributed by atoms with van der Waals surface area (Å²) in [7, 11) is 0. The van der Waals surface area contributed by atoms with Gasteiger partial charge in [0.1, 0.15) is 0 Å². The largest absolute Gasteiger partial charge is 0.352 e. The molecule has 0 bridgehead atoms. The van der Waals surface area contributed by atoms with Crippen molar-refractivity contribution in [3.63, 3.8) is 0 Å². The quantitative estimate of drug-likeness (QED) is 0.640. The first-order valence-electron chi connectivity index (χ1n) is 5.04. The Labute approximate surface area is 109 Å². The highest BCUT2D eigenvalue weighted by Gasteiger charge is 2.03. The second-order valence-electron chi connectivity index (χ2n) is 3.26. The molecule has 0 aliphatic heterocycles. The molecule has 5 heteroatoms. The summed E-state index contributed by atoms with van der Waals surface area (Å²) in [6.07, 6.45) is 4.79. The zero-order valence-corrected chi connectivity index (χ0v) is 12.0.